The van der Waals surface area contributed by atoms with E-state index in [4.69, 9.17) is 23.2 Å². The van der Waals surface area contributed by atoms with Gasteiger partial charge in [0.1, 0.15) is 4.33 Å². The zero-order valence-electron chi connectivity index (χ0n) is 8.37. The zero-order chi connectivity index (χ0) is 11.3. The Balaban J connectivity index is 1.63. The van der Waals surface area contributed by atoms with Crippen molar-refractivity contribution in [2.24, 2.45) is 5.92 Å². The Morgan fingerprint density at radius 3 is 2.81 bits per heavy atom. The first-order valence-corrected chi connectivity index (χ1v) is 6.84. The summed E-state index contributed by atoms with van der Waals surface area (Å²) in [7, 11) is 0. The lowest BCUT2D eigenvalue weighted by Crippen LogP contribution is -2.16. The van der Waals surface area contributed by atoms with E-state index in [1.165, 1.54) is 24.2 Å². The highest BCUT2D eigenvalue weighted by molar-refractivity contribution is 7.14. The Morgan fingerprint density at radius 2 is 2.25 bits per heavy atom. The standard InChI is InChI=1S/C10H10Cl2N2OS/c11-10(12)3-6(10)8(15)14-9-13-7(4-16-9)5-1-2-5/h4-6H,1-3H2,(H,13,14,15). The number of aromatic nitrogens is 1. The zero-order valence-corrected chi connectivity index (χ0v) is 10.7. The number of rotatable bonds is 3. The molecule has 2 saturated carbocycles. The number of nitrogens with one attached hydrogen (secondary N) is 1. The van der Waals surface area contributed by atoms with Gasteiger partial charge in [0, 0.05) is 11.3 Å². The second-order valence-corrected chi connectivity index (χ2v) is 6.76. The van der Waals surface area contributed by atoms with Crippen LogP contribution in [0.25, 0.3) is 0 Å². The van der Waals surface area contributed by atoms with Gasteiger partial charge in [-0.3, -0.25) is 4.79 Å². The topological polar surface area (TPSA) is 42.0 Å². The van der Waals surface area contributed by atoms with E-state index >= 15 is 0 Å². The first-order valence-electron chi connectivity index (χ1n) is 5.20. The number of nitrogens with zero attached hydrogens (tertiary/aromatic N) is 1. The summed E-state index contributed by atoms with van der Waals surface area (Å²) < 4.78 is -0.860. The minimum absolute atomic E-state index is 0.123. The summed E-state index contributed by atoms with van der Waals surface area (Å²) >= 11 is 13.1. The van der Waals surface area contributed by atoms with Crippen molar-refractivity contribution in [3.8, 4) is 0 Å². The second kappa shape index (κ2) is 3.59. The molecule has 0 bridgehead atoms. The molecule has 1 unspecified atom stereocenters. The van der Waals surface area contributed by atoms with Crippen molar-refractivity contribution < 1.29 is 4.79 Å². The summed E-state index contributed by atoms with van der Waals surface area (Å²) in [5.41, 5.74) is 1.10. The molecule has 0 radical (unpaired) electrons. The molecule has 1 aromatic rings. The lowest BCUT2D eigenvalue weighted by molar-refractivity contribution is -0.117. The maximum atomic E-state index is 11.7. The van der Waals surface area contributed by atoms with Gasteiger partial charge < -0.3 is 5.32 Å². The van der Waals surface area contributed by atoms with Crippen molar-refractivity contribution >= 4 is 45.6 Å². The first kappa shape index (κ1) is 10.8. The number of amides is 1. The van der Waals surface area contributed by atoms with Crippen LogP contribution in [0.3, 0.4) is 0 Å². The number of hydrogen-bond acceptors (Lipinski definition) is 3. The van der Waals surface area contributed by atoms with E-state index in [0.717, 1.165) is 5.69 Å². The van der Waals surface area contributed by atoms with Crippen LogP contribution >= 0.6 is 34.5 Å². The summed E-state index contributed by atoms with van der Waals surface area (Å²) in [6, 6.07) is 0. The predicted molar refractivity (Wildman–Crippen MR) is 65.3 cm³/mol. The third-order valence-corrected chi connectivity index (χ3v) is 4.50. The Bertz CT molecular complexity index is 442. The van der Waals surface area contributed by atoms with E-state index in [-0.39, 0.29) is 11.8 Å². The Morgan fingerprint density at radius 1 is 1.56 bits per heavy atom. The molecule has 0 saturated heterocycles. The molecule has 3 nitrogen and oxygen atoms in total. The van der Waals surface area contributed by atoms with E-state index in [9.17, 15) is 4.79 Å². The molecule has 2 aliphatic rings. The molecule has 3 rings (SSSR count). The molecular weight excluding hydrogens is 267 g/mol. The van der Waals surface area contributed by atoms with E-state index < -0.39 is 4.33 Å². The molecule has 86 valence electrons. The average Bonchev–Trinajstić information content (AvgIpc) is 3.10. The number of carbonyl (C=O) groups excluding carboxylic acids is 1. The smallest absolute Gasteiger partial charge is 0.232 e. The highest BCUT2D eigenvalue weighted by Gasteiger charge is 2.56. The summed E-state index contributed by atoms with van der Waals surface area (Å²) in [6.07, 6.45) is 2.96. The monoisotopic (exact) mass is 276 g/mol. The van der Waals surface area contributed by atoms with E-state index in [1.807, 2.05) is 5.38 Å². The van der Waals surface area contributed by atoms with Gasteiger partial charge in [-0.25, -0.2) is 4.98 Å². The van der Waals surface area contributed by atoms with Crippen LogP contribution in [-0.2, 0) is 4.79 Å². The lowest BCUT2D eigenvalue weighted by Gasteiger charge is -2.00. The van der Waals surface area contributed by atoms with E-state index in [1.54, 1.807) is 0 Å². The summed E-state index contributed by atoms with van der Waals surface area (Å²) in [6.45, 7) is 0. The van der Waals surface area contributed by atoms with E-state index in [2.05, 4.69) is 10.3 Å². The van der Waals surface area contributed by atoms with Crippen LogP contribution in [-0.4, -0.2) is 15.2 Å². The van der Waals surface area contributed by atoms with Crippen LogP contribution in [0.1, 0.15) is 30.9 Å². The maximum Gasteiger partial charge on any atom is 0.232 e. The van der Waals surface area contributed by atoms with Crippen LogP contribution in [0.15, 0.2) is 5.38 Å². The van der Waals surface area contributed by atoms with Crippen LogP contribution in [0.2, 0.25) is 0 Å². The number of hydrogen-bond donors (Lipinski definition) is 1. The molecule has 0 aliphatic heterocycles. The average molecular weight is 277 g/mol. The van der Waals surface area contributed by atoms with Crippen LogP contribution in [0, 0.1) is 5.92 Å². The minimum Gasteiger partial charge on any atom is -0.302 e. The molecule has 16 heavy (non-hydrogen) atoms. The molecular formula is C10H10Cl2N2OS. The summed E-state index contributed by atoms with van der Waals surface area (Å²) in [5, 5.41) is 5.43. The maximum absolute atomic E-state index is 11.7. The fourth-order valence-corrected chi connectivity index (χ4v) is 2.90. The number of carbonyl (C=O) groups is 1. The van der Waals surface area contributed by atoms with E-state index in [0.29, 0.717) is 17.5 Å². The van der Waals surface area contributed by atoms with Gasteiger partial charge in [0.05, 0.1) is 11.6 Å². The summed E-state index contributed by atoms with van der Waals surface area (Å²) in [4.78, 5) is 16.0. The van der Waals surface area contributed by atoms with Gasteiger partial charge in [-0.1, -0.05) is 0 Å². The molecule has 1 atom stereocenters. The first-order chi connectivity index (χ1) is 7.56. The van der Waals surface area contributed by atoms with Gasteiger partial charge in [0.2, 0.25) is 5.91 Å². The quantitative estimate of drug-likeness (QED) is 0.862. The molecule has 1 aromatic heterocycles. The molecule has 1 amide bonds. The van der Waals surface area contributed by atoms with Gasteiger partial charge in [-0.2, -0.15) is 0 Å². The van der Waals surface area contributed by atoms with Crippen molar-refractivity contribution in [1.82, 2.24) is 4.98 Å². The number of alkyl halides is 2. The Kier molecular flexibility index (Phi) is 2.42. The third kappa shape index (κ3) is 2.06. The van der Waals surface area contributed by atoms with Crippen LogP contribution in [0.4, 0.5) is 5.13 Å². The summed E-state index contributed by atoms with van der Waals surface area (Å²) in [5.74, 6) is 0.203. The van der Waals surface area contributed by atoms with Crippen LogP contribution < -0.4 is 5.32 Å². The minimum atomic E-state index is -0.860. The molecule has 0 spiro atoms. The number of anilines is 1. The fraction of sp³-hybridized carbons (Fsp3) is 0.600. The van der Waals surface area contributed by atoms with Gasteiger partial charge in [0.25, 0.3) is 0 Å². The molecule has 1 heterocycles. The highest BCUT2D eigenvalue weighted by Crippen LogP contribution is 2.53. The number of halogens is 2. The third-order valence-electron chi connectivity index (χ3n) is 2.89. The highest BCUT2D eigenvalue weighted by atomic mass is 35.5. The Labute approximate surface area is 107 Å². The largest absolute Gasteiger partial charge is 0.302 e. The molecule has 1 N–H and O–H groups in total. The van der Waals surface area contributed by atoms with Crippen molar-refractivity contribution in [2.75, 3.05) is 5.32 Å². The molecule has 6 heteroatoms. The fourth-order valence-electron chi connectivity index (χ4n) is 1.60. The van der Waals surface area contributed by atoms with Crippen molar-refractivity contribution in [3.05, 3.63) is 11.1 Å². The van der Waals surface area contributed by atoms with Gasteiger partial charge in [-0.05, 0) is 19.3 Å². The van der Waals surface area contributed by atoms with Crippen molar-refractivity contribution in [1.29, 1.82) is 0 Å². The van der Waals surface area contributed by atoms with Gasteiger partial charge in [-0.15, -0.1) is 34.5 Å². The SMILES string of the molecule is O=C(Nc1nc(C2CC2)cs1)C1CC1(Cl)Cl. The van der Waals surface area contributed by atoms with Crippen LogP contribution in [0.5, 0.6) is 0 Å². The molecule has 0 aromatic carbocycles. The second-order valence-electron chi connectivity index (χ2n) is 4.36. The van der Waals surface area contributed by atoms with Gasteiger partial charge >= 0.3 is 0 Å². The van der Waals surface area contributed by atoms with Gasteiger partial charge in [0.15, 0.2) is 5.13 Å². The normalized spacial score (nSPS) is 26.5. The molecule has 2 fully saturated rings. The molecule has 2 aliphatic carbocycles. The van der Waals surface area contributed by atoms with Crippen molar-refractivity contribution in [2.45, 2.75) is 29.5 Å². The Hall–Kier alpha value is -0.320. The number of thiazole rings is 1. The predicted octanol–water partition coefficient (Wildman–Crippen LogP) is 3.15. The lowest BCUT2D eigenvalue weighted by atomic mass is 10.3. The van der Waals surface area contributed by atoms with Crippen molar-refractivity contribution in [3.63, 3.8) is 0 Å².